The van der Waals surface area contributed by atoms with E-state index in [2.05, 4.69) is 25.7 Å². The van der Waals surface area contributed by atoms with Gasteiger partial charge in [-0.2, -0.15) is 5.10 Å². The van der Waals surface area contributed by atoms with Crippen LogP contribution in [0.4, 0.5) is 0 Å². The molecule has 2 atom stereocenters. The van der Waals surface area contributed by atoms with Crippen molar-refractivity contribution < 1.29 is 4.79 Å². The van der Waals surface area contributed by atoms with Crippen LogP contribution in [0.25, 0.3) is 11.0 Å². The third-order valence-electron chi connectivity index (χ3n) is 3.79. The molecule has 0 aliphatic carbocycles. The van der Waals surface area contributed by atoms with Gasteiger partial charge in [-0.1, -0.05) is 12.1 Å². The third-order valence-corrected chi connectivity index (χ3v) is 3.79. The molecule has 0 aliphatic rings. The van der Waals surface area contributed by atoms with Crippen LogP contribution in [0, 0.1) is 0 Å². The average molecular weight is 312 g/mol. The number of fused-ring (bicyclic) bond motifs is 1. The Balaban J connectivity index is 1.75. The number of imidazole rings is 1. The lowest BCUT2D eigenvalue weighted by molar-refractivity contribution is -0.123. The number of carbonyl (C=O) groups is 1. The van der Waals surface area contributed by atoms with Crippen LogP contribution in [0.3, 0.4) is 0 Å². The minimum atomic E-state index is -0.449. The van der Waals surface area contributed by atoms with Gasteiger partial charge in [0.25, 0.3) is 0 Å². The Labute approximate surface area is 134 Å². The van der Waals surface area contributed by atoms with Gasteiger partial charge in [-0.05, 0) is 26.1 Å². The lowest BCUT2D eigenvalue weighted by atomic mass is 10.1. The molecule has 2 heterocycles. The summed E-state index contributed by atoms with van der Waals surface area (Å²) in [6.45, 7) is 1.91. The van der Waals surface area contributed by atoms with E-state index in [1.54, 1.807) is 17.9 Å². The van der Waals surface area contributed by atoms with Crippen LogP contribution in [0.5, 0.6) is 0 Å². The first-order chi connectivity index (χ1) is 11.1. The second kappa shape index (κ2) is 6.21. The number of hydrogen-bond acceptors (Lipinski definition) is 4. The largest absolute Gasteiger partial charge is 0.345 e. The number of nitrogens with one attached hydrogen (secondary N) is 3. The Morgan fingerprint density at radius 2 is 2.13 bits per heavy atom. The van der Waals surface area contributed by atoms with Crippen LogP contribution >= 0.6 is 0 Å². The Morgan fingerprint density at radius 1 is 1.35 bits per heavy atom. The number of amides is 1. The van der Waals surface area contributed by atoms with Crippen LogP contribution in [0.2, 0.25) is 0 Å². The second-order valence-corrected chi connectivity index (χ2v) is 5.54. The average Bonchev–Trinajstić information content (AvgIpc) is 3.14. The molecule has 0 bridgehead atoms. The Kier molecular flexibility index (Phi) is 4.12. The van der Waals surface area contributed by atoms with E-state index in [-0.39, 0.29) is 11.9 Å². The first-order valence-electron chi connectivity index (χ1n) is 7.49. The molecular weight excluding hydrogens is 292 g/mol. The number of benzene rings is 1. The summed E-state index contributed by atoms with van der Waals surface area (Å²) in [6.07, 6.45) is 3.51. The molecular formula is C16H20N6O. The van der Waals surface area contributed by atoms with E-state index in [1.165, 1.54) is 0 Å². The van der Waals surface area contributed by atoms with E-state index >= 15 is 0 Å². The van der Waals surface area contributed by atoms with Crippen LogP contribution in [-0.2, 0) is 11.8 Å². The van der Waals surface area contributed by atoms with Gasteiger partial charge in [-0.25, -0.2) is 4.98 Å². The monoisotopic (exact) mass is 312 g/mol. The summed E-state index contributed by atoms with van der Waals surface area (Å²) >= 11 is 0. The molecule has 120 valence electrons. The molecule has 7 nitrogen and oxygen atoms in total. The Hall–Kier alpha value is -2.67. The molecule has 0 saturated carbocycles. The maximum absolute atomic E-state index is 12.5. The third kappa shape index (κ3) is 3.09. The molecule has 0 spiro atoms. The van der Waals surface area contributed by atoms with E-state index in [9.17, 15) is 4.79 Å². The number of nitrogens with zero attached hydrogens (tertiary/aromatic N) is 3. The summed E-state index contributed by atoms with van der Waals surface area (Å²) in [5, 5.41) is 10.1. The van der Waals surface area contributed by atoms with Crippen molar-refractivity contribution in [2.75, 3.05) is 7.05 Å². The molecule has 1 amide bonds. The fraction of sp³-hybridized carbons (Fsp3) is 0.312. The van der Waals surface area contributed by atoms with Gasteiger partial charge in [0, 0.05) is 18.8 Å². The zero-order chi connectivity index (χ0) is 16.4. The molecule has 3 rings (SSSR count). The number of likely N-dealkylation sites (N-methyl/N-ethyl adjacent to an activating group) is 1. The van der Waals surface area contributed by atoms with Gasteiger partial charge in [0.1, 0.15) is 11.9 Å². The van der Waals surface area contributed by atoms with E-state index in [0.29, 0.717) is 0 Å². The van der Waals surface area contributed by atoms with Gasteiger partial charge < -0.3 is 15.6 Å². The van der Waals surface area contributed by atoms with Gasteiger partial charge in [-0.3, -0.25) is 9.48 Å². The fourth-order valence-corrected chi connectivity index (χ4v) is 2.58. The number of aryl methyl sites for hydroxylation is 1. The smallest absolute Gasteiger partial charge is 0.242 e. The molecule has 3 N–H and O–H groups in total. The molecule has 23 heavy (non-hydrogen) atoms. The zero-order valence-corrected chi connectivity index (χ0v) is 13.4. The highest BCUT2D eigenvalue weighted by atomic mass is 16.2. The Bertz CT molecular complexity index is 788. The molecule has 0 radical (unpaired) electrons. The minimum absolute atomic E-state index is 0.117. The number of carbonyl (C=O) groups excluding carboxylic acids is 1. The van der Waals surface area contributed by atoms with Gasteiger partial charge in [0.2, 0.25) is 5.91 Å². The quantitative estimate of drug-likeness (QED) is 0.665. The van der Waals surface area contributed by atoms with Crippen LogP contribution < -0.4 is 10.6 Å². The zero-order valence-electron chi connectivity index (χ0n) is 13.4. The highest BCUT2D eigenvalue weighted by molar-refractivity contribution is 5.83. The normalized spacial score (nSPS) is 13.9. The van der Waals surface area contributed by atoms with Gasteiger partial charge in [0.05, 0.1) is 23.3 Å². The summed E-state index contributed by atoms with van der Waals surface area (Å²) in [7, 11) is 3.58. The van der Waals surface area contributed by atoms with Crippen molar-refractivity contribution in [3.8, 4) is 0 Å². The molecule has 0 aliphatic heterocycles. The van der Waals surface area contributed by atoms with Crippen molar-refractivity contribution in [1.82, 2.24) is 30.4 Å². The van der Waals surface area contributed by atoms with Gasteiger partial charge in [0.15, 0.2) is 0 Å². The van der Waals surface area contributed by atoms with E-state index in [1.807, 2.05) is 44.4 Å². The predicted molar refractivity (Wildman–Crippen MR) is 87.7 cm³/mol. The van der Waals surface area contributed by atoms with Crippen molar-refractivity contribution in [3.05, 3.63) is 48.0 Å². The number of rotatable bonds is 5. The van der Waals surface area contributed by atoms with Crippen LogP contribution in [0.15, 0.2) is 36.7 Å². The number of aromatic nitrogens is 4. The van der Waals surface area contributed by atoms with Gasteiger partial charge in [-0.15, -0.1) is 0 Å². The van der Waals surface area contributed by atoms with Crippen molar-refractivity contribution in [2.24, 2.45) is 7.05 Å². The first-order valence-corrected chi connectivity index (χ1v) is 7.49. The fourth-order valence-electron chi connectivity index (χ4n) is 2.58. The molecule has 7 heteroatoms. The summed E-state index contributed by atoms with van der Waals surface area (Å²) in [5.41, 5.74) is 2.67. The van der Waals surface area contributed by atoms with Crippen molar-refractivity contribution in [1.29, 1.82) is 0 Å². The number of hydrogen-bond donors (Lipinski definition) is 3. The standard InChI is InChI=1S/C16H20N6O/c1-10(15-20-12-6-4-5-7-13(12)21-15)19-16(23)14(17-2)11-8-18-22(3)9-11/h4-10,14,17H,1-3H3,(H,19,23)(H,20,21). The van der Waals surface area contributed by atoms with Gasteiger partial charge >= 0.3 is 0 Å². The minimum Gasteiger partial charge on any atom is -0.345 e. The van der Waals surface area contributed by atoms with E-state index < -0.39 is 6.04 Å². The number of para-hydroxylation sites is 2. The van der Waals surface area contributed by atoms with Crippen molar-refractivity contribution in [3.63, 3.8) is 0 Å². The summed E-state index contributed by atoms with van der Waals surface area (Å²) in [5.74, 6) is 0.619. The summed E-state index contributed by atoms with van der Waals surface area (Å²) in [4.78, 5) is 20.3. The molecule has 3 aromatic rings. The number of aromatic amines is 1. The topological polar surface area (TPSA) is 87.6 Å². The molecule has 1 aromatic carbocycles. The molecule has 2 aromatic heterocycles. The first kappa shape index (κ1) is 15.2. The Morgan fingerprint density at radius 3 is 2.78 bits per heavy atom. The van der Waals surface area contributed by atoms with Crippen LogP contribution in [-0.4, -0.2) is 32.7 Å². The van der Waals surface area contributed by atoms with Crippen LogP contribution in [0.1, 0.15) is 30.4 Å². The molecule has 0 saturated heterocycles. The highest BCUT2D eigenvalue weighted by Crippen LogP contribution is 2.17. The number of H-pyrrole nitrogens is 1. The summed E-state index contributed by atoms with van der Waals surface area (Å²) < 4.78 is 1.68. The SMILES string of the molecule is CNC(C(=O)NC(C)c1nc2ccccc2[nH]1)c1cnn(C)c1. The molecule has 2 unspecified atom stereocenters. The molecule has 0 fully saturated rings. The lowest BCUT2D eigenvalue weighted by Crippen LogP contribution is -2.37. The van der Waals surface area contributed by atoms with Crippen molar-refractivity contribution >= 4 is 16.9 Å². The predicted octanol–water partition coefficient (Wildman–Crippen LogP) is 1.43. The van der Waals surface area contributed by atoms with E-state index in [4.69, 9.17) is 0 Å². The second-order valence-electron chi connectivity index (χ2n) is 5.54. The maximum Gasteiger partial charge on any atom is 0.242 e. The highest BCUT2D eigenvalue weighted by Gasteiger charge is 2.23. The lowest BCUT2D eigenvalue weighted by Gasteiger charge is -2.17. The summed E-state index contributed by atoms with van der Waals surface area (Å²) in [6, 6.07) is 7.13. The van der Waals surface area contributed by atoms with Crippen molar-refractivity contribution in [2.45, 2.75) is 19.0 Å². The maximum atomic E-state index is 12.5. The van der Waals surface area contributed by atoms with E-state index in [0.717, 1.165) is 22.4 Å².